The van der Waals surface area contributed by atoms with Crippen LogP contribution in [-0.2, 0) is 17.4 Å². The molecule has 0 saturated heterocycles. The minimum Gasteiger partial charge on any atom is -0.481 e. The number of carboxylic acid groups (broad SMARTS) is 1. The number of carboxylic acids is 1. The summed E-state index contributed by atoms with van der Waals surface area (Å²) in [6.07, 6.45) is -4.85. The molecule has 0 aliphatic carbocycles. The van der Waals surface area contributed by atoms with Crippen molar-refractivity contribution in [1.29, 1.82) is 0 Å². The Bertz CT molecular complexity index is 422. The van der Waals surface area contributed by atoms with Crippen LogP contribution in [0.5, 0.6) is 0 Å². The fourth-order valence-electron chi connectivity index (χ4n) is 1.64. The number of rotatable bonds is 3. The highest BCUT2D eigenvalue weighted by Gasteiger charge is 2.34. The zero-order valence-corrected chi connectivity index (χ0v) is 9.51. The lowest BCUT2D eigenvalue weighted by Crippen LogP contribution is -2.12. The lowest BCUT2D eigenvalue weighted by molar-refractivity contribution is -0.139. The van der Waals surface area contributed by atoms with Gasteiger partial charge in [0.15, 0.2) is 0 Å². The third-order valence-electron chi connectivity index (χ3n) is 2.40. The van der Waals surface area contributed by atoms with E-state index in [0.29, 0.717) is 0 Å². The first kappa shape index (κ1) is 13.5. The van der Waals surface area contributed by atoms with Crippen molar-refractivity contribution in [3.63, 3.8) is 0 Å². The topological polar surface area (TPSA) is 37.3 Å². The third kappa shape index (κ3) is 3.47. The summed E-state index contributed by atoms with van der Waals surface area (Å²) < 4.78 is 38.3. The lowest BCUT2D eigenvalue weighted by Gasteiger charge is -2.16. The van der Waals surface area contributed by atoms with E-state index in [1.165, 1.54) is 12.1 Å². The maximum absolute atomic E-state index is 12.8. The largest absolute Gasteiger partial charge is 0.481 e. The normalized spacial score (nSPS) is 11.9. The van der Waals surface area contributed by atoms with E-state index in [-0.39, 0.29) is 17.0 Å². The van der Waals surface area contributed by atoms with Crippen molar-refractivity contribution in [3.8, 4) is 0 Å². The molecule has 1 aromatic carbocycles. The van der Waals surface area contributed by atoms with E-state index >= 15 is 0 Å². The van der Waals surface area contributed by atoms with Crippen LogP contribution in [0.3, 0.4) is 0 Å². The van der Waals surface area contributed by atoms with E-state index < -0.39 is 24.1 Å². The first-order valence-electron chi connectivity index (χ1n) is 5.13. The molecule has 0 amide bonds. The van der Waals surface area contributed by atoms with Gasteiger partial charge in [-0.15, -0.1) is 0 Å². The molecule has 2 nitrogen and oxygen atoms in total. The molecule has 0 saturated carbocycles. The van der Waals surface area contributed by atoms with E-state index in [1.807, 2.05) is 0 Å². The van der Waals surface area contributed by atoms with Gasteiger partial charge in [-0.2, -0.15) is 13.2 Å². The highest BCUT2D eigenvalue weighted by Crippen LogP contribution is 2.35. The Morgan fingerprint density at radius 1 is 1.35 bits per heavy atom. The molecule has 1 rings (SSSR count). The first-order chi connectivity index (χ1) is 7.71. The van der Waals surface area contributed by atoms with Crippen LogP contribution in [0.2, 0.25) is 0 Å². The molecule has 94 valence electrons. The predicted octanol–water partition coefficient (Wildman–Crippen LogP) is 3.46. The fourth-order valence-corrected chi connectivity index (χ4v) is 1.64. The van der Waals surface area contributed by atoms with Gasteiger partial charge in [-0.3, -0.25) is 4.79 Å². The Labute approximate surface area is 97.1 Å². The SMILES string of the molecule is CC(C)c1ccc(CC(=O)O)cc1C(F)(F)F. The van der Waals surface area contributed by atoms with Crippen molar-refractivity contribution in [2.45, 2.75) is 32.4 Å². The minimum absolute atomic E-state index is 0.161. The Morgan fingerprint density at radius 2 is 1.94 bits per heavy atom. The highest BCUT2D eigenvalue weighted by atomic mass is 19.4. The summed E-state index contributed by atoms with van der Waals surface area (Å²) in [6.45, 7) is 3.34. The average Bonchev–Trinajstić information content (AvgIpc) is 2.14. The van der Waals surface area contributed by atoms with E-state index in [2.05, 4.69) is 0 Å². The van der Waals surface area contributed by atoms with Gasteiger partial charge < -0.3 is 5.11 Å². The smallest absolute Gasteiger partial charge is 0.416 e. The number of hydrogen-bond acceptors (Lipinski definition) is 1. The molecule has 0 spiro atoms. The number of carbonyl (C=O) groups is 1. The van der Waals surface area contributed by atoms with Crippen molar-refractivity contribution >= 4 is 5.97 Å². The van der Waals surface area contributed by atoms with E-state index in [1.54, 1.807) is 13.8 Å². The van der Waals surface area contributed by atoms with Crippen LogP contribution in [0.15, 0.2) is 18.2 Å². The van der Waals surface area contributed by atoms with Crippen LogP contribution in [-0.4, -0.2) is 11.1 Å². The van der Waals surface area contributed by atoms with Crippen LogP contribution >= 0.6 is 0 Å². The zero-order chi connectivity index (χ0) is 13.2. The van der Waals surface area contributed by atoms with Gasteiger partial charge >= 0.3 is 12.1 Å². The Morgan fingerprint density at radius 3 is 2.35 bits per heavy atom. The van der Waals surface area contributed by atoms with Crippen LogP contribution in [0.1, 0.15) is 36.5 Å². The van der Waals surface area contributed by atoms with Crippen LogP contribution in [0.4, 0.5) is 13.2 Å². The average molecular weight is 246 g/mol. The first-order valence-corrected chi connectivity index (χ1v) is 5.13. The summed E-state index contributed by atoms with van der Waals surface area (Å²) in [7, 11) is 0. The molecule has 0 fully saturated rings. The van der Waals surface area contributed by atoms with Crippen molar-refractivity contribution < 1.29 is 23.1 Å². The van der Waals surface area contributed by atoms with Crippen molar-refractivity contribution in [3.05, 3.63) is 34.9 Å². The maximum Gasteiger partial charge on any atom is 0.416 e. The van der Waals surface area contributed by atoms with E-state index in [9.17, 15) is 18.0 Å². The predicted molar refractivity (Wildman–Crippen MR) is 56.9 cm³/mol. The Kier molecular flexibility index (Phi) is 3.80. The third-order valence-corrected chi connectivity index (χ3v) is 2.40. The molecule has 0 atom stereocenters. The van der Waals surface area contributed by atoms with E-state index in [0.717, 1.165) is 6.07 Å². The number of hydrogen-bond donors (Lipinski definition) is 1. The second-order valence-corrected chi connectivity index (χ2v) is 4.14. The number of benzene rings is 1. The second kappa shape index (κ2) is 4.77. The van der Waals surface area contributed by atoms with Gasteiger partial charge in [0.05, 0.1) is 12.0 Å². The van der Waals surface area contributed by atoms with Gasteiger partial charge in [-0.1, -0.05) is 26.0 Å². The summed E-state index contributed by atoms with van der Waals surface area (Å²) in [6, 6.07) is 3.70. The molecule has 5 heteroatoms. The van der Waals surface area contributed by atoms with Gasteiger partial charge in [0.1, 0.15) is 0 Å². The Hall–Kier alpha value is -1.52. The minimum atomic E-state index is -4.45. The van der Waals surface area contributed by atoms with Gasteiger partial charge in [0, 0.05) is 0 Å². The van der Waals surface area contributed by atoms with Crippen LogP contribution in [0.25, 0.3) is 0 Å². The quantitative estimate of drug-likeness (QED) is 0.886. The number of halogens is 3. The van der Waals surface area contributed by atoms with Crippen molar-refractivity contribution in [2.24, 2.45) is 0 Å². The van der Waals surface area contributed by atoms with Crippen LogP contribution < -0.4 is 0 Å². The highest BCUT2D eigenvalue weighted by molar-refractivity contribution is 5.70. The van der Waals surface area contributed by atoms with Crippen LogP contribution in [0, 0.1) is 0 Å². The molecule has 1 aromatic rings. The number of aliphatic carboxylic acids is 1. The van der Waals surface area contributed by atoms with E-state index in [4.69, 9.17) is 5.11 Å². The molecule has 0 aromatic heterocycles. The summed E-state index contributed by atoms with van der Waals surface area (Å²) in [5.74, 6) is -1.40. The molecule has 0 bridgehead atoms. The summed E-state index contributed by atoms with van der Waals surface area (Å²) in [5.41, 5.74) is -0.396. The zero-order valence-electron chi connectivity index (χ0n) is 9.51. The van der Waals surface area contributed by atoms with Gasteiger partial charge in [0.25, 0.3) is 0 Å². The van der Waals surface area contributed by atoms with Gasteiger partial charge in [0.2, 0.25) is 0 Å². The fraction of sp³-hybridized carbons (Fsp3) is 0.417. The lowest BCUT2D eigenvalue weighted by atomic mass is 9.94. The molecule has 0 radical (unpaired) electrons. The number of alkyl halides is 3. The molecule has 1 N–H and O–H groups in total. The molecule has 0 aliphatic heterocycles. The van der Waals surface area contributed by atoms with Gasteiger partial charge in [-0.05, 0) is 23.1 Å². The monoisotopic (exact) mass is 246 g/mol. The molecule has 0 heterocycles. The molecule has 0 unspecified atom stereocenters. The summed E-state index contributed by atoms with van der Waals surface area (Å²) in [4.78, 5) is 10.5. The van der Waals surface area contributed by atoms with Crippen molar-refractivity contribution in [2.75, 3.05) is 0 Å². The maximum atomic E-state index is 12.8. The molecule has 0 aliphatic rings. The summed E-state index contributed by atoms with van der Waals surface area (Å²) in [5, 5.41) is 8.56. The molecule has 17 heavy (non-hydrogen) atoms. The summed E-state index contributed by atoms with van der Waals surface area (Å²) >= 11 is 0. The standard InChI is InChI=1S/C12H13F3O2/c1-7(2)9-4-3-8(6-11(16)17)5-10(9)12(13,14)15/h3-5,7H,6H2,1-2H3,(H,16,17). The molecular formula is C12H13F3O2. The van der Waals surface area contributed by atoms with Crippen molar-refractivity contribution in [1.82, 2.24) is 0 Å². The Balaban J connectivity index is 3.24. The second-order valence-electron chi connectivity index (χ2n) is 4.14. The molecular weight excluding hydrogens is 233 g/mol. The van der Waals surface area contributed by atoms with Gasteiger partial charge in [-0.25, -0.2) is 0 Å².